The zero-order chi connectivity index (χ0) is 23.5. The third kappa shape index (κ3) is 4.73. The summed E-state index contributed by atoms with van der Waals surface area (Å²) in [4.78, 5) is 16.7. The van der Waals surface area contributed by atoms with E-state index >= 15 is 0 Å². The molecule has 7 nitrogen and oxygen atoms in total. The quantitative estimate of drug-likeness (QED) is 0.480. The van der Waals surface area contributed by atoms with Crippen LogP contribution in [0.5, 0.6) is 0 Å². The monoisotopic (exact) mass is 459 g/mol. The van der Waals surface area contributed by atoms with Crippen molar-refractivity contribution in [2.24, 2.45) is 7.05 Å². The molecule has 170 valence electrons. The van der Waals surface area contributed by atoms with Gasteiger partial charge in [0.1, 0.15) is 16.3 Å². The Labute approximate surface area is 187 Å². The third-order valence-electron chi connectivity index (χ3n) is 5.36. The Bertz CT molecular complexity index is 1210. The lowest BCUT2D eigenvalue weighted by molar-refractivity contribution is 0.0521. The van der Waals surface area contributed by atoms with Gasteiger partial charge in [-0.25, -0.2) is 17.6 Å². The highest BCUT2D eigenvalue weighted by atomic mass is 32.2. The maximum absolute atomic E-state index is 13.9. The molecule has 0 aliphatic heterocycles. The van der Waals surface area contributed by atoms with E-state index < -0.39 is 21.8 Å². The zero-order valence-corrected chi connectivity index (χ0v) is 19.3. The number of aromatic nitrogens is 2. The van der Waals surface area contributed by atoms with Crippen LogP contribution in [0.3, 0.4) is 0 Å². The van der Waals surface area contributed by atoms with Gasteiger partial charge in [-0.2, -0.15) is 4.31 Å². The molecule has 0 atom stereocenters. The van der Waals surface area contributed by atoms with Crippen molar-refractivity contribution in [2.45, 2.75) is 38.8 Å². The second kappa shape index (κ2) is 9.62. The lowest BCUT2D eigenvalue weighted by Gasteiger charge is -2.23. The molecule has 0 saturated carbocycles. The summed E-state index contributed by atoms with van der Waals surface area (Å²) < 4.78 is 49.3. The van der Waals surface area contributed by atoms with Crippen molar-refractivity contribution in [2.75, 3.05) is 6.61 Å². The molecule has 0 N–H and O–H groups in total. The van der Waals surface area contributed by atoms with Crippen LogP contribution in [0.1, 0.15) is 39.8 Å². The molecule has 9 heteroatoms. The number of hydrogen-bond donors (Lipinski definition) is 0. The number of esters is 1. The molecule has 0 unspecified atom stereocenters. The molecule has 0 bridgehead atoms. The van der Waals surface area contributed by atoms with Crippen LogP contribution in [0.25, 0.3) is 0 Å². The minimum absolute atomic E-state index is 0.00679. The first-order valence-electron chi connectivity index (χ1n) is 10.1. The van der Waals surface area contributed by atoms with E-state index in [1.807, 2.05) is 0 Å². The van der Waals surface area contributed by atoms with E-state index in [4.69, 9.17) is 4.74 Å². The first-order chi connectivity index (χ1) is 15.2. The van der Waals surface area contributed by atoms with Crippen molar-refractivity contribution in [1.82, 2.24) is 13.9 Å². The molecule has 0 aliphatic rings. The number of hydrogen-bond acceptors (Lipinski definition) is 5. The van der Waals surface area contributed by atoms with Crippen molar-refractivity contribution in [1.29, 1.82) is 0 Å². The van der Waals surface area contributed by atoms with E-state index in [-0.39, 0.29) is 30.2 Å². The van der Waals surface area contributed by atoms with Crippen LogP contribution < -0.4 is 0 Å². The number of carbonyl (C=O) groups excluding carboxylic acids is 1. The van der Waals surface area contributed by atoms with Crippen LogP contribution in [0.2, 0.25) is 0 Å². The number of halogens is 1. The number of nitrogens with zero attached hydrogens (tertiary/aromatic N) is 3. The molecule has 0 spiro atoms. The maximum Gasteiger partial charge on any atom is 0.341 e. The molecule has 0 radical (unpaired) electrons. The normalized spacial score (nSPS) is 11.7. The van der Waals surface area contributed by atoms with Gasteiger partial charge in [-0.3, -0.25) is 4.98 Å². The van der Waals surface area contributed by atoms with Crippen molar-refractivity contribution < 1.29 is 22.3 Å². The number of carbonyl (C=O) groups is 1. The summed E-state index contributed by atoms with van der Waals surface area (Å²) in [5.41, 5.74) is 2.26. The number of benzene rings is 1. The van der Waals surface area contributed by atoms with Gasteiger partial charge in [-0.05, 0) is 50.1 Å². The first kappa shape index (κ1) is 23.6. The van der Waals surface area contributed by atoms with Crippen LogP contribution in [-0.4, -0.2) is 34.9 Å². The predicted molar refractivity (Wildman–Crippen MR) is 118 cm³/mol. The fraction of sp³-hybridized carbons (Fsp3) is 0.304. The van der Waals surface area contributed by atoms with Gasteiger partial charge >= 0.3 is 5.97 Å². The van der Waals surface area contributed by atoms with Crippen molar-refractivity contribution in [3.8, 4) is 0 Å². The first-order valence-corrected chi connectivity index (χ1v) is 11.6. The molecule has 0 fully saturated rings. The van der Waals surface area contributed by atoms with Crippen molar-refractivity contribution >= 4 is 16.0 Å². The summed E-state index contributed by atoms with van der Waals surface area (Å²) >= 11 is 0. The number of sulfonamides is 1. The fourth-order valence-electron chi connectivity index (χ4n) is 3.52. The van der Waals surface area contributed by atoms with Gasteiger partial charge in [-0.1, -0.05) is 18.2 Å². The van der Waals surface area contributed by atoms with Crippen LogP contribution in [-0.2, 0) is 34.9 Å². The molecular formula is C23H26FN3O4S. The van der Waals surface area contributed by atoms with Gasteiger partial charge in [0, 0.05) is 43.9 Å². The maximum atomic E-state index is 13.9. The summed E-state index contributed by atoms with van der Waals surface area (Å²) in [5, 5.41) is 0. The van der Waals surface area contributed by atoms with Gasteiger partial charge in [0.05, 0.1) is 6.61 Å². The minimum atomic E-state index is -4.14. The summed E-state index contributed by atoms with van der Waals surface area (Å²) in [5.74, 6) is -1.09. The smallest absolute Gasteiger partial charge is 0.341 e. The summed E-state index contributed by atoms with van der Waals surface area (Å²) in [7, 11) is -2.44. The van der Waals surface area contributed by atoms with Gasteiger partial charge in [-0.15, -0.1) is 0 Å². The molecule has 32 heavy (non-hydrogen) atoms. The SMILES string of the molecule is CCOC(=O)c1c(S(=O)(=O)N(Cc2ccc(F)cc2)Cc2cccnc2)c(C)n(C)c1C. The largest absolute Gasteiger partial charge is 0.462 e. The second-order valence-electron chi connectivity index (χ2n) is 7.42. The van der Waals surface area contributed by atoms with E-state index in [1.165, 1.54) is 28.6 Å². The molecule has 1 aromatic carbocycles. The molecule has 3 aromatic rings. The minimum Gasteiger partial charge on any atom is -0.462 e. The predicted octanol–water partition coefficient (Wildman–Crippen LogP) is 3.74. The standard InChI is InChI=1S/C23H26FN3O4S/c1-5-31-23(28)21-16(2)26(4)17(3)22(21)32(29,30)27(15-19-7-6-12-25-13-19)14-18-8-10-20(24)11-9-18/h6-13H,5,14-15H2,1-4H3. The molecule has 0 aliphatic carbocycles. The highest BCUT2D eigenvalue weighted by molar-refractivity contribution is 7.89. The second-order valence-corrected chi connectivity index (χ2v) is 9.29. The summed E-state index contributed by atoms with van der Waals surface area (Å²) in [6.45, 7) is 5.16. The Morgan fingerprint density at radius 2 is 1.75 bits per heavy atom. The third-order valence-corrected chi connectivity index (χ3v) is 7.31. The molecule has 2 aromatic heterocycles. The van der Waals surface area contributed by atoms with E-state index in [1.54, 1.807) is 56.9 Å². The summed E-state index contributed by atoms with van der Waals surface area (Å²) in [6, 6.07) is 9.14. The van der Waals surface area contributed by atoms with E-state index in [0.717, 1.165) is 0 Å². The Kier molecular flexibility index (Phi) is 7.10. The van der Waals surface area contributed by atoms with Gasteiger partial charge in [0.25, 0.3) is 0 Å². The van der Waals surface area contributed by atoms with Gasteiger partial charge in [0.15, 0.2) is 0 Å². The molecule has 0 saturated heterocycles. The van der Waals surface area contributed by atoms with Gasteiger partial charge in [0.2, 0.25) is 10.0 Å². The number of ether oxygens (including phenoxy) is 1. The average molecular weight is 460 g/mol. The average Bonchev–Trinajstić information content (AvgIpc) is 3.00. The van der Waals surface area contributed by atoms with E-state index in [0.29, 0.717) is 22.5 Å². The zero-order valence-electron chi connectivity index (χ0n) is 18.5. The Balaban J connectivity index is 2.14. The van der Waals surface area contributed by atoms with E-state index in [2.05, 4.69) is 4.98 Å². The van der Waals surface area contributed by atoms with E-state index in [9.17, 15) is 17.6 Å². The van der Waals surface area contributed by atoms with Crippen molar-refractivity contribution in [3.05, 3.63) is 82.7 Å². The lowest BCUT2D eigenvalue weighted by atomic mass is 10.2. The summed E-state index contributed by atoms with van der Waals surface area (Å²) in [6.07, 6.45) is 3.19. The molecule has 0 amide bonds. The lowest BCUT2D eigenvalue weighted by Crippen LogP contribution is -2.32. The molecule has 2 heterocycles. The van der Waals surface area contributed by atoms with Crippen molar-refractivity contribution in [3.63, 3.8) is 0 Å². The topological polar surface area (TPSA) is 81.5 Å². The number of rotatable bonds is 8. The fourth-order valence-corrected chi connectivity index (χ4v) is 5.42. The highest BCUT2D eigenvalue weighted by Gasteiger charge is 2.35. The Morgan fingerprint density at radius 1 is 1.09 bits per heavy atom. The van der Waals surface area contributed by atoms with Crippen LogP contribution >= 0.6 is 0 Å². The Hall–Kier alpha value is -3.04. The number of pyridine rings is 1. The Morgan fingerprint density at radius 3 is 2.34 bits per heavy atom. The van der Waals surface area contributed by atoms with Crippen LogP contribution in [0.4, 0.5) is 4.39 Å². The molecule has 3 rings (SSSR count). The van der Waals surface area contributed by atoms with Crippen LogP contribution in [0, 0.1) is 19.7 Å². The van der Waals surface area contributed by atoms with Crippen LogP contribution in [0.15, 0.2) is 53.7 Å². The highest BCUT2D eigenvalue weighted by Crippen LogP contribution is 2.31. The molecular weight excluding hydrogens is 433 g/mol. The van der Waals surface area contributed by atoms with Gasteiger partial charge < -0.3 is 9.30 Å².